The molecule has 0 unspecified atom stereocenters. The van der Waals surface area contributed by atoms with Gasteiger partial charge in [-0.2, -0.15) is 0 Å². The van der Waals surface area contributed by atoms with Gasteiger partial charge in [0, 0.05) is 4.88 Å². The first-order chi connectivity index (χ1) is 10.8. The summed E-state index contributed by atoms with van der Waals surface area (Å²) in [5.41, 5.74) is 2.20. The van der Waals surface area contributed by atoms with Crippen LogP contribution in [-0.4, -0.2) is 16.6 Å². The summed E-state index contributed by atoms with van der Waals surface area (Å²) in [6, 6.07) is 10.2. The second-order valence-corrected chi connectivity index (χ2v) is 8.42. The van der Waals surface area contributed by atoms with Crippen LogP contribution in [0.4, 0.5) is 0 Å². The molecule has 1 atom stereocenters. The molecule has 3 nitrogen and oxygen atoms in total. The molecule has 0 bridgehead atoms. The zero-order valence-corrected chi connectivity index (χ0v) is 14.2. The van der Waals surface area contributed by atoms with E-state index in [-0.39, 0.29) is 11.2 Å². The Balaban J connectivity index is 1.47. The van der Waals surface area contributed by atoms with Crippen molar-refractivity contribution in [2.45, 2.75) is 18.2 Å². The van der Waals surface area contributed by atoms with Crippen molar-refractivity contribution in [3.05, 3.63) is 51.2 Å². The molecule has 0 saturated carbocycles. The Hall–Kier alpha value is -1.37. The van der Waals surface area contributed by atoms with Crippen molar-refractivity contribution in [2.24, 2.45) is 0 Å². The Morgan fingerprint density at radius 1 is 1.32 bits per heavy atom. The third kappa shape index (κ3) is 2.66. The number of carbonyl (C=O) groups is 1. The van der Waals surface area contributed by atoms with Crippen molar-refractivity contribution in [1.82, 2.24) is 10.3 Å². The summed E-state index contributed by atoms with van der Waals surface area (Å²) < 4.78 is 1.17. The van der Waals surface area contributed by atoms with Crippen LogP contribution in [0.15, 0.2) is 35.7 Å². The van der Waals surface area contributed by atoms with Gasteiger partial charge in [0.25, 0.3) is 0 Å². The van der Waals surface area contributed by atoms with Crippen molar-refractivity contribution in [3.8, 4) is 0 Å². The summed E-state index contributed by atoms with van der Waals surface area (Å²) in [6.07, 6.45) is 1.08. The minimum atomic E-state index is -0.0654. The predicted octanol–water partition coefficient (Wildman–Crippen LogP) is 4.00. The second kappa shape index (κ2) is 6.02. The molecular formula is C16H14N2OS3. The lowest BCUT2D eigenvalue weighted by molar-refractivity contribution is -0.120. The normalized spacial score (nSPS) is 17.4. The Labute approximate surface area is 140 Å². The van der Waals surface area contributed by atoms with Gasteiger partial charge in [-0.15, -0.1) is 34.4 Å². The first kappa shape index (κ1) is 14.2. The van der Waals surface area contributed by atoms with Gasteiger partial charge in [0.05, 0.1) is 16.8 Å². The van der Waals surface area contributed by atoms with Crippen molar-refractivity contribution in [1.29, 1.82) is 0 Å². The number of thiazole rings is 1. The number of para-hydroxylation sites is 1. The number of thioether (sulfide) groups is 1. The van der Waals surface area contributed by atoms with E-state index in [9.17, 15) is 4.79 Å². The van der Waals surface area contributed by atoms with Gasteiger partial charge < -0.3 is 5.32 Å². The van der Waals surface area contributed by atoms with Crippen molar-refractivity contribution >= 4 is 50.6 Å². The van der Waals surface area contributed by atoms with E-state index < -0.39 is 0 Å². The fourth-order valence-electron chi connectivity index (χ4n) is 2.61. The largest absolute Gasteiger partial charge is 0.348 e. The molecule has 0 spiro atoms. The molecule has 112 valence electrons. The number of fused-ring (bicyclic) bond motifs is 2. The summed E-state index contributed by atoms with van der Waals surface area (Å²) in [6.45, 7) is 0.509. The summed E-state index contributed by atoms with van der Waals surface area (Å²) in [7, 11) is 0. The summed E-state index contributed by atoms with van der Waals surface area (Å²) in [5.74, 6) is 1.12. The number of hydrogen-bond donors (Lipinski definition) is 1. The molecule has 1 N–H and O–H groups in total. The molecule has 1 aliphatic heterocycles. The van der Waals surface area contributed by atoms with Gasteiger partial charge in [0.1, 0.15) is 10.3 Å². The van der Waals surface area contributed by atoms with Crippen molar-refractivity contribution in [3.63, 3.8) is 0 Å². The van der Waals surface area contributed by atoms with E-state index in [1.165, 1.54) is 15.1 Å². The minimum Gasteiger partial charge on any atom is -0.348 e. The average molecular weight is 347 g/mol. The zero-order chi connectivity index (χ0) is 14.9. The number of thiophene rings is 1. The third-order valence-corrected chi connectivity index (χ3v) is 6.94. The fourth-order valence-corrected chi connectivity index (χ4v) is 5.84. The van der Waals surface area contributed by atoms with Gasteiger partial charge in [-0.1, -0.05) is 12.1 Å². The maximum absolute atomic E-state index is 12.5. The third-order valence-electron chi connectivity index (χ3n) is 3.67. The highest BCUT2D eigenvalue weighted by Gasteiger charge is 2.27. The number of benzene rings is 1. The average Bonchev–Trinajstić information content (AvgIpc) is 3.18. The quantitative estimate of drug-likeness (QED) is 0.779. The van der Waals surface area contributed by atoms with Crippen LogP contribution in [-0.2, 0) is 17.8 Å². The van der Waals surface area contributed by atoms with Crippen LogP contribution in [0.3, 0.4) is 0 Å². The van der Waals surface area contributed by atoms with E-state index in [2.05, 4.69) is 27.8 Å². The molecule has 0 radical (unpaired) electrons. The smallest absolute Gasteiger partial charge is 0.238 e. The molecule has 1 aliphatic rings. The lowest BCUT2D eigenvalue weighted by Gasteiger charge is -2.21. The number of hydrogen-bond acceptors (Lipinski definition) is 5. The molecule has 1 amide bonds. The molecule has 0 saturated heterocycles. The first-order valence-electron chi connectivity index (χ1n) is 7.11. The van der Waals surface area contributed by atoms with Crippen LogP contribution in [0, 0.1) is 0 Å². The molecule has 6 heteroatoms. The molecule has 3 heterocycles. The number of aromatic nitrogens is 1. The molecule has 1 aromatic carbocycles. The number of nitrogens with one attached hydrogen (secondary N) is 1. The number of aryl methyl sites for hydroxylation is 1. The molecule has 3 aromatic rings. The van der Waals surface area contributed by atoms with E-state index in [1.54, 1.807) is 34.4 Å². The topological polar surface area (TPSA) is 42.0 Å². The van der Waals surface area contributed by atoms with Gasteiger partial charge in [-0.05, 0) is 41.3 Å². The maximum Gasteiger partial charge on any atom is 0.238 e. The molecule has 22 heavy (non-hydrogen) atoms. The highest BCUT2D eigenvalue weighted by molar-refractivity contribution is 8.00. The standard InChI is InChI=1S/C16H14N2OS3/c19-16(15-10-5-7-20-12(10)6-8-21-15)17-9-14-18-11-3-1-2-4-13(11)22-14/h1-5,7,15H,6,8-9H2,(H,17,19)/t15-/m1/s1. The fraction of sp³-hybridized carbons (Fsp3) is 0.250. The number of nitrogens with zero attached hydrogens (tertiary/aromatic N) is 1. The summed E-state index contributed by atoms with van der Waals surface area (Å²) >= 11 is 5.14. The van der Waals surface area contributed by atoms with Crippen molar-refractivity contribution in [2.75, 3.05) is 5.75 Å². The SMILES string of the molecule is O=C(NCc1nc2ccccc2s1)[C@@H]1SCCc2sccc21. The number of carbonyl (C=O) groups excluding carboxylic acids is 1. The van der Waals surface area contributed by atoms with Gasteiger partial charge in [-0.3, -0.25) is 4.79 Å². The monoisotopic (exact) mass is 346 g/mol. The van der Waals surface area contributed by atoms with Gasteiger partial charge in [0.2, 0.25) is 5.91 Å². The van der Waals surface area contributed by atoms with Crippen LogP contribution in [0.1, 0.15) is 20.7 Å². The Kier molecular flexibility index (Phi) is 3.90. The lowest BCUT2D eigenvalue weighted by atomic mass is 10.1. The molecule has 0 fully saturated rings. The van der Waals surface area contributed by atoms with Crippen LogP contribution >= 0.6 is 34.4 Å². The van der Waals surface area contributed by atoms with Gasteiger partial charge >= 0.3 is 0 Å². The zero-order valence-electron chi connectivity index (χ0n) is 11.7. The van der Waals surface area contributed by atoms with Crippen LogP contribution in [0.2, 0.25) is 0 Å². The van der Waals surface area contributed by atoms with E-state index in [1.807, 2.05) is 18.2 Å². The minimum absolute atomic E-state index is 0.0654. The number of rotatable bonds is 3. The van der Waals surface area contributed by atoms with E-state index >= 15 is 0 Å². The van der Waals surface area contributed by atoms with Crippen LogP contribution < -0.4 is 5.32 Å². The Morgan fingerprint density at radius 2 is 2.23 bits per heavy atom. The van der Waals surface area contributed by atoms with Gasteiger partial charge in [0.15, 0.2) is 0 Å². The molecule has 4 rings (SSSR count). The first-order valence-corrected chi connectivity index (χ1v) is 9.86. The summed E-state index contributed by atoms with van der Waals surface area (Å²) in [5, 5.41) is 6.03. The molecule has 2 aromatic heterocycles. The molecular weight excluding hydrogens is 332 g/mol. The van der Waals surface area contributed by atoms with E-state index in [0.29, 0.717) is 6.54 Å². The highest BCUT2D eigenvalue weighted by Crippen LogP contribution is 2.39. The van der Waals surface area contributed by atoms with Crippen molar-refractivity contribution < 1.29 is 4.79 Å². The second-order valence-electron chi connectivity index (χ2n) is 5.09. The molecule has 0 aliphatic carbocycles. The van der Waals surface area contributed by atoms with Gasteiger partial charge in [-0.25, -0.2) is 4.98 Å². The lowest BCUT2D eigenvalue weighted by Crippen LogP contribution is -2.29. The van der Waals surface area contributed by atoms with E-state index in [4.69, 9.17) is 0 Å². The Bertz CT molecular complexity index is 791. The highest BCUT2D eigenvalue weighted by atomic mass is 32.2. The summed E-state index contributed by atoms with van der Waals surface area (Å²) in [4.78, 5) is 18.4. The van der Waals surface area contributed by atoms with E-state index in [0.717, 1.165) is 22.7 Å². The number of amides is 1. The maximum atomic E-state index is 12.5. The Morgan fingerprint density at radius 3 is 3.14 bits per heavy atom. The van der Waals surface area contributed by atoms with Crippen LogP contribution in [0.25, 0.3) is 10.2 Å². The predicted molar refractivity (Wildman–Crippen MR) is 94.7 cm³/mol. The van der Waals surface area contributed by atoms with Crippen LogP contribution in [0.5, 0.6) is 0 Å².